The fraction of sp³-hybridized carbons (Fsp3) is 0.400. The third kappa shape index (κ3) is 2.26. The highest BCUT2D eigenvalue weighted by Crippen LogP contribution is 2.46. The molecule has 4 rings (SSSR count). The Kier molecular flexibility index (Phi) is 3.39. The highest BCUT2D eigenvalue weighted by atomic mass is 35.5. The minimum absolute atomic E-state index is 0.113. The minimum Gasteiger partial charge on any atom is -0.365 e. The molecule has 25 heavy (non-hydrogen) atoms. The SMILES string of the molecule is CN(c1ncc(C(F)(F)F)cc1Cl)N1C(=O)[C@@H]2[C@@H](C1=O)[C@H]1C=C[C@@H]2O1. The number of hydrazine groups is 1. The van der Waals surface area contributed by atoms with Crippen molar-refractivity contribution in [1.82, 2.24) is 9.99 Å². The number of imide groups is 1. The van der Waals surface area contributed by atoms with E-state index in [1.165, 1.54) is 7.05 Å². The van der Waals surface area contributed by atoms with Gasteiger partial charge in [-0.3, -0.25) is 14.6 Å². The van der Waals surface area contributed by atoms with Crippen molar-refractivity contribution in [3.63, 3.8) is 0 Å². The van der Waals surface area contributed by atoms with Crippen LogP contribution < -0.4 is 5.01 Å². The Balaban J connectivity index is 1.65. The van der Waals surface area contributed by atoms with Crippen LogP contribution in [0.15, 0.2) is 24.4 Å². The van der Waals surface area contributed by atoms with E-state index in [1.54, 1.807) is 12.2 Å². The maximum absolute atomic E-state index is 12.7. The number of carbonyl (C=O) groups is 2. The van der Waals surface area contributed by atoms with Crippen molar-refractivity contribution in [2.24, 2.45) is 11.8 Å². The van der Waals surface area contributed by atoms with Crippen LogP contribution >= 0.6 is 11.6 Å². The number of aromatic nitrogens is 1. The summed E-state index contributed by atoms with van der Waals surface area (Å²) in [6.45, 7) is 0. The maximum Gasteiger partial charge on any atom is 0.417 e. The Labute approximate surface area is 144 Å². The summed E-state index contributed by atoms with van der Waals surface area (Å²) in [5, 5.41) is 1.66. The topological polar surface area (TPSA) is 62.7 Å². The van der Waals surface area contributed by atoms with Crippen LogP contribution in [-0.2, 0) is 20.5 Å². The molecule has 3 aliphatic rings. The van der Waals surface area contributed by atoms with Gasteiger partial charge in [0.25, 0.3) is 11.8 Å². The summed E-state index contributed by atoms with van der Waals surface area (Å²) < 4.78 is 43.7. The lowest BCUT2D eigenvalue weighted by Gasteiger charge is -2.29. The van der Waals surface area contributed by atoms with Crippen LogP contribution in [-0.4, -0.2) is 41.1 Å². The largest absolute Gasteiger partial charge is 0.417 e. The summed E-state index contributed by atoms with van der Waals surface area (Å²) in [5.74, 6) is -2.33. The van der Waals surface area contributed by atoms with Crippen LogP contribution in [0.25, 0.3) is 0 Å². The summed E-state index contributed by atoms with van der Waals surface area (Å²) in [5.41, 5.74) is -1.01. The second-order valence-electron chi connectivity index (χ2n) is 6.04. The van der Waals surface area contributed by atoms with Crippen molar-refractivity contribution >= 4 is 29.2 Å². The molecule has 2 saturated heterocycles. The Morgan fingerprint density at radius 2 is 1.76 bits per heavy atom. The van der Waals surface area contributed by atoms with Crippen molar-refractivity contribution in [2.75, 3.05) is 12.1 Å². The van der Waals surface area contributed by atoms with Crippen molar-refractivity contribution in [3.05, 3.63) is 35.0 Å². The summed E-state index contributed by atoms with van der Waals surface area (Å²) in [4.78, 5) is 29.0. The molecule has 0 spiro atoms. The number of halogens is 4. The van der Waals surface area contributed by atoms with E-state index in [2.05, 4.69) is 4.98 Å². The molecule has 0 aromatic carbocycles. The number of fused-ring (bicyclic) bond motifs is 5. The predicted molar refractivity (Wildman–Crippen MR) is 79.3 cm³/mol. The quantitative estimate of drug-likeness (QED) is 0.586. The number of amides is 2. The third-order valence-electron chi connectivity index (χ3n) is 4.64. The lowest BCUT2D eigenvalue weighted by Crippen LogP contribution is -2.46. The molecule has 3 aliphatic heterocycles. The fourth-order valence-corrected chi connectivity index (χ4v) is 3.79. The van der Waals surface area contributed by atoms with Gasteiger partial charge in [-0.1, -0.05) is 23.8 Å². The zero-order valence-electron chi connectivity index (χ0n) is 12.7. The first kappa shape index (κ1) is 16.3. The highest BCUT2D eigenvalue weighted by Gasteiger charge is 2.62. The van der Waals surface area contributed by atoms with Gasteiger partial charge in [0.2, 0.25) is 0 Å². The molecule has 2 bridgehead atoms. The molecule has 0 aliphatic carbocycles. The summed E-state index contributed by atoms with van der Waals surface area (Å²) in [6.07, 6.45) is -1.42. The number of hydrogen-bond donors (Lipinski definition) is 0. The van der Waals surface area contributed by atoms with Crippen LogP contribution in [0, 0.1) is 11.8 Å². The van der Waals surface area contributed by atoms with Gasteiger partial charge in [0.1, 0.15) is 0 Å². The van der Waals surface area contributed by atoms with Gasteiger partial charge >= 0.3 is 6.18 Å². The second kappa shape index (κ2) is 5.18. The molecule has 132 valence electrons. The molecule has 6 nitrogen and oxygen atoms in total. The number of carbonyl (C=O) groups excluding carboxylic acids is 2. The minimum atomic E-state index is -4.59. The molecule has 0 saturated carbocycles. The molecule has 1 aromatic heterocycles. The van der Waals surface area contributed by atoms with E-state index >= 15 is 0 Å². The normalized spacial score (nSPS) is 30.4. The van der Waals surface area contributed by atoms with E-state index in [-0.39, 0.29) is 10.8 Å². The van der Waals surface area contributed by atoms with Gasteiger partial charge in [0.05, 0.1) is 34.6 Å². The summed E-state index contributed by atoms with van der Waals surface area (Å²) >= 11 is 5.90. The van der Waals surface area contributed by atoms with Gasteiger partial charge in [0, 0.05) is 13.2 Å². The van der Waals surface area contributed by atoms with E-state index in [4.69, 9.17) is 16.3 Å². The number of alkyl halides is 3. The van der Waals surface area contributed by atoms with Crippen molar-refractivity contribution in [2.45, 2.75) is 18.4 Å². The molecule has 4 atom stereocenters. The molecular formula is C15H11ClF3N3O3. The monoisotopic (exact) mass is 373 g/mol. The third-order valence-corrected chi connectivity index (χ3v) is 4.92. The molecule has 0 unspecified atom stereocenters. The Morgan fingerprint density at radius 1 is 1.20 bits per heavy atom. The number of anilines is 1. The number of ether oxygens (including phenoxy) is 1. The van der Waals surface area contributed by atoms with Crippen LogP contribution in [0.3, 0.4) is 0 Å². The van der Waals surface area contributed by atoms with Crippen molar-refractivity contribution in [3.8, 4) is 0 Å². The van der Waals surface area contributed by atoms with Gasteiger partial charge in [-0.25, -0.2) is 4.98 Å². The van der Waals surface area contributed by atoms with E-state index in [1.807, 2.05) is 0 Å². The number of hydrogen-bond acceptors (Lipinski definition) is 5. The van der Waals surface area contributed by atoms with Crippen molar-refractivity contribution in [1.29, 1.82) is 0 Å². The maximum atomic E-state index is 12.7. The zero-order valence-corrected chi connectivity index (χ0v) is 13.5. The van der Waals surface area contributed by atoms with E-state index in [0.29, 0.717) is 12.3 Å². The van der Waals surface area contributed by atoms with Crippen LogP contribution in [0.4, 0.5) is 19.0 Å². The van der Waals surface area contributed by atoms with E-state index in [9.17, 15) is 22.8 Å². The first-order valence-electron chi connectivity index (χ1n) is 7.38. The number of rotatable bonds is 2. The first-order valence-corrected chi connectivity index (χ1v) is 7.76. The second-order valence-corrected chi connectivity index (χ2v) is 6.45. The standard InChI is InChI=1S/C15H11ClF3N3O3/c1-21(12-7(16)4-6(5-20-12)15(17,18)19)22-13(23)10-8-2-3-9(25-8)11(10)14(22)24/h2-5,8-11H,1H3/t8-,9+,10-,11-/m0/s1. The number of nitrogens with zero attached hydrogens (tertiary/aromatic N) is 3. The van der Waals surface area contributed by atoms with Crippen LogP contribution in [0.5, 0.6) is 0 Å². The van der Waals surface area contributed by atoms with Gasteiger partial charge < -0.3 is 4.74 Å². The zero-order chi connectivity index (χ0) is 18.1. The molecule has 2 fully saturated rings. The summed E-state index contributed by atoms with van der Waals surface area (Å²) in [7, 11) is 1.36. The van der Waals surface area contributed by atoms with Crippen molar-refractivity contribution < 1.29 is 27.5 Å². The van der Waals surface area contributed by atoms with Crippen LogP contribution in [0.2, 0.25) is 5.02 Å². The average molecular weight is 374 g/mol. The molecule has 0 radical (unpaired) electrons. The van der Waals surface area contributed by atoms with Gasteiger partial charge in [-0.2, -0.15) is 18.2 Å². The van der Waals surface area contributed by atoms with E-state index in [0.717, 1.165) is 10.0 Å². The van der Waals surface area contributed by atoms with E-state index < -0.39 is 47.6 Å². The molecule has 0 N–H and O–H groups in total. The molecule has 2 amide bonds. The smallest absolute Gasteiger partial charge is 0.365 e. The van der Waals surface area contributed by atoms with Gasteiger partial charge in [-0.15, -0.1) is 0 Å². The number of pyridine rings is 1. The lowest BCUT2D eigenvalue weighted by molar-refractivity contribution is -0.143. The molecule has 10 heteroatoms. The lowest BCUT2D eigenvalue weighted by atomic mass is 9.85. The fourth-order valence-electron chi connectivity index (χ4n) is 3.50. The van der Waals surface area contributed by atoms with Gasteiger partial charge in [-0.05, 0) is 6.07 Å². The molecular weight excluding hydrogens is 363 g/mol. The Hall–Kier alpha value is -2.13. The summed E-state index contributed by atoms with van der Waals surface area (Å²) in [6, 6.07) is 0.709. The Bertz CT molecular complexity index is 783. The highest BCUT2D eigenvalue weighted by molar-refractivity contribution is 6.33. The predicted octanol–water partition coefficient (Wildman–Crippen LogP) is 2.04. The first-order chi connectivity index (χ1) is 11.7. The molecule has 4 heterocycles. The average Bonchev–Trinajstić information content (AvgIpc) is 3.20. The van der Waals surface area contributed by atoms with Crippen LogP contribution in [0.1, 0.15) is 5.56 Å². The molecule has 1 aromatic rings. The van der Waals surface area contributed by atoms with Gasteiger partial charge in [0.15, 0.2) is 5.82 Å². The Morgan fingerprint density at radius 3 is 2.24 bits per heavy atom.